The number of nitrogens with zero attached hydrogens (tertiary/aromatic N) is 3. The minimum absolute atomic E-state index is 0.329. The summed E-state index contributed by atoms with van der Waals surface area (Å²) in [6, 6.07) is 37.0. The van der Waals surface area contributed by atoms with E-state index in [0.29, 0.717) is 11.4 Å². The highest BCUT2D eigenvalue weighted by molar-refractivity contribution is 6.62. The summed E-state index contributed by atoms with van der Waals surface area (Å²) in [7, 11) is -0.407. The van der Waals surface area contributed by atoms with E-state index in [1.165, 1.54) is 0 Å². The van der Waals surface area contributed by atoms with Crippen LogP contribution in [0.25, 0.3) is 21.5 Å². The smallest absolute Gasteiger partial charge is 0.399 e. The number of nitrogens with one attached hydrogen (secondary N) is 1. The first-order chi connectivity index (χ1) is 20.7. The molecule has 0 aromatic heterocycles. The van der Waals surface area contributed by atoms with Crippen LogP contribution in [0.3, 0.4) is 0 Å². The average molecular weight is 562 g/mol. The van der Waals surface area contributed by atoms with Crippen LogP contribution in [-0.2, 0) is 9.31 Å². The summed E-state index contributed by atoms with van der Waals surface area (Å²) in [6.45, 7) is 8.28. The Morgan fingerprint density at radius 1 is 0.721 bits per heavy atom. The van der Waals surface area contributed by atoms with Crippen molar-refractivity contribution in [1.82, 2.24) is 5.32 Å². The molecule has 0 spiro atoms. The molecule has 0 radical (unpaired) electrons. The lowest BCUT2D eigenvalue weighted by Crippen LogP contribution is -2.41. The van der Waals surface area contributed by atoms with E-state index in [9.17, 15) is 5.26 Å². The lowest BCUT2D eigenvalue weighted by atomic mass is 9.78. The van der Waals surface area contributed by atoms with Gasteiger partial charge in [-0.05, 0) is 84.5 Å². The zero-order valence-corrected chi connectivity index (χ0v) is 24.6. The van der Waals surface area contributed by atoms with Crippen LogP contribution in [0.4, 0.5) is 0 Å². The largest absolute Gasteiger partial charge is 0.494 e. The first kappa shape index (κ1) is 27.1. The fourth-order valence-electron chi connectivity index (χ4n) is 5.52. The van der Waals surface area contributed by atoms with Gasteiger partial charge in [-0.1, -0.05) is 78.9 Å². The number of fused-ring (bicyclic) bond motifs is 2. The van der Waals surface area contributed by atoms with Crippen molar-refractivity contribution in [3.8, 4) is 6.07 Å². The van der Waals surface area contributed by atoms with Gasteiger partial charge in [0, 0.05) is 11.1 Å². The Bertz CT molecular complexity index is 1980. The summed E-state index contributed by atoms with van der Waals surface area (Å²) in [6.07, 6.45) is -0.329. The Kier molecular flexibility index (Phi) is 6.43. The highest BCUT2D eigenvalue weighted by Gasteiger charge is 2.51. The second kappa shape index (κ2) is 10.2. The van der Waals surface area contributed by atoms with Crippen molar-refractivity contribution < 1.29 is 9.31 Å². The zero-order chi connectivity index (χ0) is 29.8. The van der Waals surface area contributed by atoms with Gasteiger partial charge in [0.1, 0.15) is 12.0 Å². The standard InChI is InChI=1S/C36H31BN4O2/c1-35(2)36(3,4)43-37(42-35)31-17-16-27-20-30(15-13-28(27)21-31)34-40-32(24-8-6-5-7-9-24)39-33(41-34)29-14-12-25-18-23(22-38)10-11-26(25)19-29/h5-21,33H,1-4H3,(H,39,40,41). The molecule has 7 heteroatoms. The SMILES string of the molecule is CC1(C)OB(c2ccc3cc(C4=NC(c5ccc6cc(C#N)ccc6c5)NC(c5ccccc5)=N4)ccc3c2)OC1(C)C. The summed E-state index contributed by atoms with van der Waals surface area (Å²) in [5, 5.41) is 17.1. The first-order valence-electron chi connectivity index (χ1n) is 14.5. The molecule has 1 atom stereocenters. The molecule has 2 aliphatic heterocycles. The van der Waals surface area contributed by atoms with Gasteiger partial charge in [0.25, 0.3) is 0 Å². The lowest BCUT2D eigenvalue weighted by molar-refractivity contribution is 0.00578. The van der Waals surface area contributed by atoms with Crippen molar-refractivity contribution in [2.45, 2.75) is 45.1 Å². The van der Waals surface area contributed by atoms with Crippen molar-refractivity contribution in [2.75, 3.05) is 0 Å². The number of hydrogen-bond donors (Lipinski definition) is 1. The zero-order valence-electron chi connectivity index (χ0n) is 24.6. The number of hydrogen-bond acceptors (Lipinski definition) is 6. The molecule has 0 bridgehead atoms. The van der Waals surface area contributed by atoms with E-state index >= 15 is 0 Å². The molecule has 5 aromatic rings. The average Bonchev–Trinajstić information content (AvgIpc) is 3.26. The summed E-state index contributed by atoms with van der Waals surface area (Å²) in [4.78, 5) is 10.1. The number of rotatable bonds is 4. The molecule has 7 rings (SSSR count). The third-order valence-corrected chi connectivity index (χ3v) is 8.75. The van der Waals surface area contributed by atoms with Gasteiger partial charge in [-0.15, -0.1) is 0 Å². The second-order valence-corrected chi connectivity index (χ2v) is 12.2. The Morgan fingerprint density at radius 2 is 1.37 bits per heavy atom. The number of benzene rings is 5. The predicted octanol–water partition coefficient (Wildman–Crippen LogP) is 6.66. The molecule has 1 N–H and O–H groups in total. The van der Waals surface area contributed by atoms with Crippen molar-refractivity contribution in [1.29, 1.82) is 5.26 Å². The highest BCUT2D eigenvalue weighted by atomic mass is 16.7. The number of nitriles is 1. The molecule has 43 heavy (non-hydrogen) atoms. The highest BCUT2D eigenvalue weighted by Crippen LogP contribution is 2.36. The van der Waals surface area contributed by atoms with Crippen LogP contribution in [0.5, 0.6) is 0 Å². The molecule has 1 unspecified atom stereocenters. The summed E-state index contributed by atoms with van der Waals surface area (Å²) >= 11 is 0. The molecule has 0 saturated carbocycles. The first-order valence-corrected chi connectivity index (χ1v) is 14.5. The van der Waals surface area contributed by atoms with E-state index in [0.717, 1.165) is 49.5 Å². The van der Waals surface area contributed by atoms with Crippen LogP contribution in [0.15, 0.2) is 113 Å². The Morgan fingerprint density at radius 3 is 2.14 bits per heavy atom. The molecule has 0 aliphatic carbocycles. The van der Waals surface area contributed by atoms with Crippen LogP contribution in [-0.4, -0.2) is 30.0 Å². The molecule has 6 nitrogen and oxygen atoms in total. The molecule has 2 aliphatic rings. The van der Waals surface area contributed by atoms with E-state index in [-0.39, 0.29) is 17.4 Å². The maximum absolute atomic E-state index is 9.29. The van der Waals surface area contributed by atoms with Gasteiger partial charge in [-0.25, -0.2) is 9.98 Å². The van der Waals surface area contributed by atoms with E-state index in [2.05, 4.69) is 87.6 Å². The van der Waals surface area contributed by atoms with Crippen molar-refractivity contribution in [3.05, 3.63) is 125 Å². The maximum Gasteiger partial charge on any atom is 0.494 e. The summed E-state index contributed by atoms with van der Waals surface area (Å²) < 4.78 is 12.6. The molecule has 210 valence electrons. The Hall–Kier alpha value is -4.77. The third-order valence-electron chi connectivity index (χ3n) is 8.75. The van der Waals surface area contributed by atoms with Crippen LogP contribution >= 0.6 is 0 Å². The van der Waals surface area contributed by atoms with Crippen LogP contribution in [0.1, 0.15) is 56.1 Å². The van der Waals surface area contributed by atoms with Gasteiger partial charge in [0.15, 0.2) is 5.84 Å². The molecular weight excluding hydrogens is 531 g/mol. The van der Waals surface area contributed by atoms with Crippen LogP contribution < -0.4 is 10.8 Å². The Labute approximate surface area is 251 Å². The van der Waals surface area contributed by atoms with Crippen molar-refractivity contribution in [3.63, 3.8) is 0 Å². The van der Waals surface area contributed by atoms with E-state index in [1.807, 2.05) is 54.6 Å². The van der Waals surface area contributed by atoms with Gasteiger partial charge in [0.05, 0.1) is 22.8 Å². The monoisotopic (exact) mass is 562 g/mol. The number of aliphatic imine (C=N–C) groups is 2. The normalized spacial score (nSPS) is 19.0. The predicted molar refractivity (Wildman–Crippen MR) is 174 cm³/mol. The molecule has 5 aromatic carbocycles. The van der Waals surface area contributed by atoms with Gasteiger partial charge < -0.3 is 14.6 Å². The van der Waals surface area contributed by atoms with E-state index < -0.39 is 7.12 Å². The third kappa shape index (κ3) is 4.99. The van der Waals surface area contributed by atoms with Crippen molar-refractivity contribution in [2.24, 2.45) is 9.98 Å². The minimum Gasteiger partial charge on any atom is -0.399 e. The maximum atomic E-state index is 9.29. The van der Waals surface area contributed by atoms with Gasteiger partial charge in [0.2, 0.25) is 0 Å². The van der Waals surface area contributed by atoms with E-state index in [4.69, 9.17) is 19.3 Å². The van der Waals surface area contributed by atoms with Gasteiger partial charge in [-0.2, -0.15) is 5.26 Å². The molecule has 2 heterocycles. The summed E-state index contributed by atoms with van der Waals surface area (Å²) in [5.41, 5.74) is 3.82. The summed E-state index contributed by atoms with van der Waals surface area (Å²) in [5.74, 6) is 1.44. The van der Waals surface area contributed by atoms with Gasteiger partial charge >= 0.3 is 7.12 Å². The minimum atomic E-state index is -0.407. The van der Waals surface area contributed by atoms with Gasteiger partial charge in [-0.3, -0.25) is 0 Å². The quantitative estimate of drug-likeness (QED) is 0.249. The fourth-order valence-corrected chi connectivity index (χ4v) is 5.52. The molecule has 1 fully saturated rings. The van der Waals surface area contributed by atoms with E-state index in [1.54, 1.807) is 0 Å². The molecule has 1 saturated heterocycles. The van der Waals surface area contributed by atoms with Crippen LogP contribution in [0.2, 0.25) is 0 Å². The van der Waals surface area contributed by atoms with Crippen molar-refractivity contribution >= 4 is 45.8 Å². The fraction of sp³-hybridized carbons (Fsp3) is 0.194. The molecule has 0 amide bonds. The number of amidine groups is 2. The Balaban J connectivity index is 1.26. The lowest BCUT2D eigenvalue weighted by Gasteiger charge is -2.32. The molecular formula is C36H31BN4O2. The second-order valence-electron chi connectivity index (χ2n) is 12.2. The van der Waals surface area contributed by atoms with Crippen LogP contribution in [0, 0.1) is 11.3 Å². The topological polar surface area (TPSA) is 79.0 Å².